The van der Waals surface area contributed by atoms with E-state index in [1.165, 1.54) is 25.6 Å². The van der Waals surface area contributed by atoms with Gasteiger partial charge in [-0.2, -0.15) is 0 Å². The van der Waals surface area contributed by atoms with Crippen molar-refractivity contribution >= 4 is 39.3 Å². The average molecular weight is 368 g/mol. The van der Waals surface area contributed by atoms with Crippen molar-refractivity contribution in [1.29, 1.82) is 0 Å². The molecule has 4 aromatic rings. The summed E-state index contributed by atoms with van der Waals surface area (Å²) < 4.78 is 0. The fraction of sp³-hybridized carbons (Fsp3) is 0.0476. The number of pyridine rings is 1. The highest BCUT2D eigenvalue weighted by atomic mass is 16.2. The molecule has 28 heavy (non-hydrogen) atoms. The van der Waals surface area contributed by atoms with Crippen LogP contribution in [-0.2, 0) is 0 Å². The maximum absolute atomic E-state index is 13.4. The normalized spacial score (nSPS) is 13.4. The molecule has 134 valence electrons. The van der Waals surface area contributed by atoms with Gasteiger partial charge in [0.05, 0.1) is 22.8 Å². The Morgan fingerprint density at radius 1 is 0.929 bits per heavy atom. The zero-order valence-electron chi connectivity index (χ0n) is 14.7. The van der Waals surface area contributed by atoms with E-state index in [0.717, 1.165) is 4.90 Å². The number of ketones is 1. The summed E-state index contributed by atoms with van der Waals surface area (Å²) >= 11 is 0. The minimum absolute atomic E-state index is 0.106. The quantitative estimate of drug-likeness (QED) is 0.307. The molecule has 7 heteroatoms. The van der Waals surface area contributed by atoms with Crippen molar-refractivity contribution in [2.24, 2.45) is 0 Å². The molecule has 0 unspecified atom stereocenters. The molecule has 0 saturated heterocycles. The number of rotatable bonds is 2. The Bertz CT molecular complexity index is 1330. The number of carbonyl (C=O) groups is 3. The van der Waals surface area contributed by atoms with E-state index in [2.05, 4.69) is 15.0 Å². The highest BCUT2D eigenvalue weighted by Gasteiger charge is 2.36. The third kappa shape index (κ3) is 2.04. The maximum atomic E-state index is 13.4. The lowest BCUT2D eigenvalue weighted by molar-refractivity contribution is 0.0648. The Balaban J connectivity index is 2.02. The van der Waals surface area contributed by atoms with Crippen LogP contribution in [0.3, 0.4) is 0 Å². The van der Waals surface area contributed by atoms with Crippen molar-refractivity contribution in [3.8, 4) is 0 Å². The molecule has 1 aliphatic heterocycles. The number of amides is 2. The molecule has 0 bridgehead atoms. The van der Waals surface area contributed by atoms with E-state index >= 15 is 0 Å². The molecule has 2 aromatic heterocycles. The smallest absolute Gasteiger partial charge is 0.261 e. The molecule has 0 saturated carbocycles. The van der Waals surface area contributed by atoms with Crippen molar-refractivity contribution in [3.63, 3.8) is 0 Å². The number of hydrogen-bond acceptors (Lipinski definition) is 6. The Morgan fingerprint density at radius 2 is 1.75 bits per heavy atom. The van der Waals surface area contributed by atoms with Gasteiger partial charge in [-0.1, -0.05) is 18.2 Å². The molecule has 3 heterocycles. The molecule has 5 rings (SSSR count). The lowest BCUT2D eigenvalue weighted by atomic mass is 9.86. The Morgan fingerprint density at radius 3 is 2.54 bits per heavy atom. The Kier molecular flexibility index (Phi) is 3.33. The molecular weight excluding hydrogens is 356 g/mol. The van der Waals surface area contributed by atoms with Crippen LogP contribution in [0.2, 0.25) is 0 Å². The van der Waals surface area contributed by atoms with Gasteiger partial charge in [-0.3, -0.25) is 29.3 Å². The molecule has 7 nitrogen and oxygen atoms in total. The summed E-state index contributed by atoms with van der Waals surface area (Å²) in [5.41, 5.74) is 1.20. The van der Waals surface area contributed by atoms with Crippen LogP contribution in [0.5, 0.6) is 0 Å². The SMILES string of the molecule is CN1C(=O)c2cccc3c2c(c(C(=O)c2cnccn2)c2ncccc23)C1=O. The average Bonchev–Trinajstić information content (AvgIpc) is 2.75. The maximum Gasteiger partial charge on any atom is 0.261 e. The molecule has 2 aromatic carbocycles. The van der Waals surface area contributed by atoms with Gasteiger partial charge in [-0.25, -0.2) is 4.98 Å². The Labute approximate surface area is 158 Å². The van der Waals surface area contributed by atoms with Crippen molar-refractivity contribution in [2.45, 2.75) is 0 Å². The second-order valence-corrected chi connectivity index (χ2v) is 6.47. The lowest BCUT2D eigenvalue weighted by Gasteiger charge is -2.26. The fourth-order valence-electron chi connectivity index (χ4n) is 3.71. The highest BCUT2D eigenvalue weighted by molar-refractivity contribution is 6.34. The summed E-state index contributed by atoms with van der Waals surface area (Å²) in [4.78, 5) is 52.6. The number of imide groups is 1. The van der Waals surface area contributed by atoms with Crippen LogP contribution in [0.15, 0.2) is 55.1 Å². The molecule has 0 spiro atoms. The first-order chi connectivity index (χ1) is 13.6. The van der Waals surface area contributed by atoms with Crippen molar-refractivity contribution in [3.05, 3.63) is 77.5 Å². The monoisotopic (exact) mass is 368 g/mol. The molecule has 1 aliphatic rings. The van der Waals surface area contributed by atoms with Crippen molar-refractivity contribution in [1.82, 2.24) is 19.9 Å². The summed E-state index contributed by atoms with van der Waals surface area (Å²) in [5, 5.41) is 1.88. The number of benzene rings is 2. The second-order valence-electron chi connectivity index (χ2n) is 6.47. The van der Waals surface area contributed by atoms with Gasteiger partial charge in [-0.05, 0) is 17.5 Å². The molecule has 0 aliphatic carbocycles. The Hall–Kier alpha value is -4.00. The predicted molar refractivity (Wildman–Crippen MR) is 101 cm³/mol. The molecule has 0 N–H and O–H groups in total. The first-order valence-electron chi connectivity index (χ1n) is 8.56. The largest absolute Gasteiger partial charge is 0.287 e. The first kappa shape index (κ1) is 16.2. The number of nitrogens with zero attached hydrogens (tertiary/aromatic N) is 4. The highest BCUT2D eigenvalue weighted by Crippen LogP contribution is 2.38. The van der Waals surface area contributed by atoms with Gasteiger partial charge in [0.25, 0.3) is 11.8 Å². The minimum atomic E-state index is -0.534. The van der Waals surface area contributed by atoms with E-state index in [-0.39, 0.29) is 16.8 Å². The number of fused-ring (bicyclic) bond motifs is 2. The number of hydrogen-bond donors (Lipinski definition) is 0. The van der Waals surface area contributed by atoms with E-state index in [9.17, 15) is 14.4 Å². The van der Waals surface area contributed by atoms with Crippen LogP contribution in [0.25, 0.3) is 21.7 Å². The van der Waals surface area contributed by atoms with Crippen molar-refractivity contribution < 1.29 is 14.4 Å². The zero-order chi connectivity index (χ0) is 19.4. The van der Waals surface area contributed by atoms with Crippen LogP contribution < -0.4 is 0 Å². The summed E-state index contributed by atoms with van der Waals surface area (Å²) in [5.74, 6) is -1.39. The van der Waals surface area contributed by atoms with E-state index in [4.69, 9.17) is 0 Å². The van der Waals surface area contributed by atoms with Gasteiger partial charge in [0.1, 0.15) is 5.69 Å². The van der Waals surface area contributed by atoms with Gasteiger partial charge in [-0.15, -0.1) is 0 Å². The van der Waals surface area contributed by atoms with E-state index in [0.29, 0.717) is 27.2 Å². The predicted octanol–water partition coefficient (Wildman–Crippen LogP) is 2.63. The fourth-order valence-corrected chi connectivity index (χ4v) is 3.71. The molecule has 0 radical (unpaired) electrons. The molecule has 0 atom stereocenters. The van der Waals surface area contributed by atoms with Crippen LogP contribution >= 0.6 is 0 Å². The van der Waals surface area contributed by atoms with Gasteiger partial charge in [0.2, 0.25) is 5.78 Å². The van der Waals surface area contributed by atoms with E-state index in [1.54, 1.807) is 24.4 Å². The van der Waals surface area contributed by atoms with E-state index in [1.807, 2.05) is 12.1 Å². The number of aromatic nitrogens is 3. The van der Waals surface area contributed by atoms with Crippen molar-refractivity contribution in [2.75, 3.05) is 7.05 Å². The van der Waals surface area contributed by atoms with Crippen LogP contribution in [-0.4, -0.2) is 44.5 Å². The van der Waals surface area contributed by atoms with Gasteiger partial charge in [0.15, 0.2) is 0 Å². The molecule has 0 fully saturated rings. The number of carbonyl (C=O) groups excluding carboxylic acids is 3. The standard InChI is InChI=1S/C21H12N4O3/c1-25-20(27)13-5-2-4-11-12-6-3-7-24-18(12)17(16(15(11)13)21(25)28)19(26)14-10-22-8-9-23-14/h2-10H,1H3. The topological polar surface area (TPSA) is 93.1 Å². The van der Waals surface area contributed by atoms with Gasteiger partial charge in [0, 0.05) is 42.0 Å². The second kappa shape index (κ2) is 5.75. The minimum Gasteiger partial charge on any atom is -0.287 e. The summed E-state index contributed by atoms with van der Waals surface area (Å²) in [6.07, 6.45) is 5.80. The van der Waals surface area contributed by atoms with Crippen LogP contribution in [0, 0.1) is 0 Å². The summed E-state index contributed by atoms with van der Waals surface area (Å²) in [7, 11) is 1.41. The third-order valence-electron chi connectivity index (χ3n) is 4.98. The van der Waals surface area contributed by atoms with Crippen LogP contribution in [0.1, 0.15) is 36.8 Å². The third-order valence-corrected chi connectivity index (χ3v) is 4.98. The summed E-state index contributed by atoms with van der Waals surface area (Å²) in [6, 6.07) is 8.84. The first-order valence-corrected chi connectivity index (χ1v) is 8.56. The van der Waals surface area contributed by atoms with Crippen LogP contribution in [0.4, 0.5) is 0 Å². The summed E-state index contributed by atoms with van der Waals surface area (Å²) in [6.45, 7) is 0. The zero-order valence-corrected chi connectivity index (χ0v) is 14.7. The van der Waals surface area contributed by atoms with E-state index < -0.39 is 17.6 Å². The molecular formula is C21H12N4O3. The molecule has 2 amide bonds. The van der Waals surface area contributed by atoms with Gasteiger partial charge < -0.3 is 0 Å². The van der Waals surface area contributed by atoms with Gasteiger partial charge >= 0.3 is 0 Å². The lowest BCUT2D eigenvalue weighted by Crippen LogP contribution is -2.38.